The predicted octanol–water partition coefficient (Wildman–Crippen LogP) is 4.76. The van der Waals surface area contributed by atoms with Crippen LogP contribution in [0.25, 0.3) is 11.5 Å². The summed E-state index contributed by atoms with van der Waals surface area (Å²) in [5, 5.41) is 0. The van der Waals surface area contributed by atoms with Crippen LogP contribution < -0.4 is 0 Å². The van der Waals surface area contributed by atoms with Crippen molar-refractivity contribution in [1.82, 2.24) is 4.98 Å². The van der Waals surface area contributed by atoms with Crippen LogP contribution in [-0.4, -0.2) is 36.4 Å². The lowest BCUT2D eigenvalue weighted by Gasteiger charge is -2.03. The molecule has 0 aliphatic carbocycles. The van der Waals surface area contributed by atoms with Crippen molar-refractivity contribution in [3.63, 3.8) is 0 Å². The predicted molar refractivity (Wildman–Crippen MR) is 115 cm³/mol. The van der Waals surface area contributed by atoms with Crippen LogP contribution >= 0.6 is 11.8 Å². The van der Waals surface area contributed by atoms with Crippen LogP contribution in [0.5, 0.6) is 0 Å². The maximum absolute atomic E-state index is 12.4. The molecule has 5 nitrogen and oxygen atoms in total. The lowest BCUT2D eigenvalue weighted by atomic mass is 10.1. The van der Waals surface area contributed by atoms with Gasteiger partial charge < -0.3 is 4.42 Å². The van der Waals surface area contributed by atoms with Crippen molar-refractivity contribution < 1.29 is 17.6 Å². The van der Waals surface area contributed by atoms with Gasteiger partial charge in [-0.3, -0.25) is 4.79 Å². The second-order valence-electron chi connectivity index (χ2n) is 7.03. The van der Waals surface area contributed by atoms with Crippen LogP contribution in [0.1, 0.15) is 49.6 Å². The minimum atomic E-state index is -3.56. The van der Waals surface area contributed by atoms with E-state index in [9.17, 15) is 13.2 Å². The van der Waals surface area contributed by atoms with Gasteiger partial charge in [-0.1, -0.05) is 24.6 Å². The number of oxazole rings is 1. The summed E-state index contributed by atoms with van der Waals surface area (Å²) in [5.41, 5.74) is 2.30. The van der Waals surface area contributed by atoms with Crippen molar-refractivity contribution >= 4 is 27.4 Å². The molecule has 0 saturated heterocycles. The first-order chi connectivity index (χ1) is 13.3. The number of rotatable bonds is 12. The fourth-order valence-corrected chi connectivity index (χ4v) is 5.05. The van der Waals surface area contributed by atoms with Crippen molar-refractivity contribution in [2.24, 2.45) is 0 Å². The monoisotopic (exact) mass is 423 g/mol. The number of nitrogens with zero attached hydrogens (tertiary/aromatic N) is 1. The normalized spacial score (nSPS) is 11.7. The molecule has 1 aromatic heterocycles. The van der Waals surface area contributed by atoms with Crippen molar-refractivity contribution in [3.05, 3.63) is 41.3 Å². The summed E-state index contributed by atoms with van der Waals surface area (Å²) < 4.78 is 30.5. The molecule has 0 amide bonds. The highest BCUT2D eigenvalue weighted by Gasteiger charge is 2.22. The zero-order valence-electron chi connectivity index (χ0n) is 16.9. The van der Waals surface area contributed by atoms with Gasteiger partial charge >= 0.3 is 0 Å². The molecule has 0 unspecified atom stereocenters. The second kappa shape index (κ2) is 10.8. The van der Waals surface area contributed by atoms with Crippen molar-refractivity contribution in [2.75, 3.05) is 17.3 Å². The molecule has 1 aromatic carbocycles. The molecule has 7 heteroatoms. The summed E-state index contributed by atoms with van der Waals surface area (Å²) in [6.45, 7) is 5.83. The van der Waals surface area contributed by atoms with E-state index in [0.717, 1.165) is 41.9 Å². The van der Waals surface area contributed by atoms with Crippen LogP contribution in [-0.2, 0) is 20.4 Å². The first kappa shape index (κ1) is 22.7. The first-order valence-corrected chi connectivity index (χ1v) is 12.6. The van der Waals surface area contributed by atoms with Crippen LogP contribution in [0.3, 0.4) is 0 Å². The number of hydrogen-bond donors (Lipinski definition) is 0. The number of carbonyl (C=O) groups is 1. The van der Waals surface area contributed by atoms with E-state index in [1.165, 1.54) is 0 Å². The maximum atomic E-state index is 12.4. The Morgan fingerprint density at radius 3 is 2.50 bits per heavy atom. The average molecular weight is 424 g/mol. The third kappa shape index (κ3) is 7.43. The Morgan fingerprint density at radius 2 is 1.82 bits per heavy atom. The number of unbranched alkanes of at least 4 members (excludes halogenated alkanes) is 1. The molecule has 0 radical (unpaired) electrons. The molecule has 0 saturated carbocycles. The molecule has 2 aromatic rings. The molecule has 0 aliphatic rings. The van der Waals surface area contributed by atoms with Gasteiger partial charge in [-0.2, -0.15) is 11.8 Å². The zero-order valence-corrected chi connectivity index (χ0v) is 18.5. The number of aromatic nitrogens is 1. The summed E-state index contributed by atoms with van der Waals surface area (Å²) in [4.78, 5) is 16.4. The molecule has 0 spiro atoms. The van der Waals surface area contributed by atoms with Crippen LogP contribution in [0.2, 0.25) is 0 Å². The molecule has 0 bridgehead atoms. The largest absolute Gasteiger partial charge is 0.441 e. The minimum Gasteiger partial charge on any atom is -0.441 e. The highest BCUT2D eigenvalue weighted by molar-refractivity contribution is 7.99. The number of sulfone groups is 1. The van der Waals surface area contributed by atoms with Crippen molar-refractivity contribution in [3.8, 4) is 11.5 Å². The van der Waals surface area contributed by atoms with Gasteiger partial charge in [-0.05, 0) is 56.7 Å². The number of ketones is 1. The first-order valence-electron chi connectivity index (χ1n) is 9.64. The molecule has 0 N–H and O–H groups in total. The molecule has 0 fully saturated rings. The quantitative estimate of drug-likeness (QED) is 0.458. The van der Waals surface area contributed by atoms with Crippen LogP contribution in [0, 0.1) is 13.8 Å². The number of aryl methyl sites for hydroxylation is 2. The van der Waals surface area contributed by atoms with Crippen LogP contribution in [0.15, 0.2) is 28.7 Å². The van der Waals surface area contributed by atoms with Crippen molar-refractivity contribution in [2.45, 2.75) is 52.2 Å². The second-order valence-corrected chi connectivity index (χ2v) is 10.3. The van der Waals surface area contributed by atoms with E-state index in [-0.39, 0.29) is 11.5 Å². The summed E-state index contributed by atoms with van der Waals surface area (Å²) in [7, 11) is -3.56. The molecule has 28 heavy (non-hydrogen) atoms. The lowest BCUT2D eigenvalue weighted by molar-refractivity contribution is -0.116. The fourth-order valence-electron chi connectivity index (χ4n) is 2.73. The Hall–Kier alpha value is -1.60. The van der Waals surface area contributed by atoms with E-state index in [1.807, 2.05) is 43.0 Å². The van der Waals surface area contributed by atoms with Gasteiger partial charge in [0, 0.05) is 12.0 Å². The SMILES string of the molecule is CCCSCCCCC(=O)CS(=O)(=O)Cc1nc(-c2ccc(C)cc2)oc1C. The van der Waals surface area contributed by atoms with Gasteiger partial charge in [0.1, 0.15) is 17.3 Å². The molecule has 2 rings (SSSR count). The Kier molecular flexibility index (Phi) is 8.76. The number of hydrogen-bond acceptors (Lipinski definition) is 6. The summed E-state index contributed by atoms with van der Waals surface area (Å²) >= 11 is 1.87. The van der Waals surface area contributed by atoms with Crippen molar-refractivity contribution in [1.29, 1.82) is 0 Å². The zero-order chi connectivity index (χ0) is 20.6. The Balaban J connectivity index is 1.89. The topological polar surface area (TPSA) is 77.2 Å². The number of benzene rings is 1. The van der Waals surface area contributed by atoms with Gasteiger partial charge in [0.2, 0.25) is 5.89 Å². The molecule has 0 aliphatic heterocycles. The third-order valence-corrected chi connectivity index (χ3v) is 7.02. The van der Waals surface area contributed by atoms with Gasteiger partial charge in [-0.25, -0.2) is 13.4 Å². The lowest BCUT2D eigenvalue weighted by Crippen LogP contribution is -2.18. The number of Topliss-reactive ketones (excluding diaryl/α,β-unsaturated/α-hetero) is 1. The third-order valence-electron chi connectivity index (χ3n) is 4.27. The number of carbonyl (C=O) groups excluding carboxylic acids is 1. The highest BCUT2D eigenvalue weighted by Crippen LogP contribution is 2.23. The smallest absolute Gasteiger partial charge is 0.226 e. The molecule has 1 heterocycles. The standard InChI is InChI=1S/C21H29NO4S2/c1-4-12-27-13-6-5-7-19(23)14-28(24,25)15-20-17(3)26-21(22-20)18-10-8-16(2)9-11-18/h8-11H,4-7,12-15H2,1-3H3. The van der Waals surface area contributed by atoms with E-state index in [4.69, 9.17) is 4.42 Å². The Morgan fingerprint density at radius 1 is 1.11 bits per heavy atom. The Bertz CT molecular complexity index is 870. The van der Waals surface area contributed by atoms with Gasteiger partial charge in [0.15, 0.2) is 9.84 Å². The maximum Gasteiger partial charge on any atom is 0.226 e. The van der Waals surface area contributed by atoms with E-state index in [1.54, 1.807) is 6.92 Å². The molecular formula is C21H29NO4S2. The van der Waals surface area contributed by atoms with E-state index < -0.39 is 15.6 Å². The average Bonchev–Trinajstić information content (AvgIpc) is 2.98. The van der Waals surface area contributed by atoms with E-state index in [0.29, 0.717) is 23.8 Å². The van der Waals surface area contributed by atoms with Gasteiger partial charge in [0.25, 0.3) is 0 Å². The summed E-state index contributed by atoms with van der Waals surface area (Å²) in [5.74, 6) is 2.10. The Labute approximate surface area is 172 Å². The highest BCUT2D eigenvalue weighted by atomic mass is 32.2. The van der Waals surface area contributed by atoms with E-state index >= 15 is 0 Å². The molecule has 154 valence electrons. The number of thioether (sulfide) groups is 1. The molecular weight excluding hydrogens is 394 g/mol. The summed E-state index contributed by atoms with van der Waals surface area (Å²) in [6.07, 6.45) is 3.15. The fraction of sp³-hybridized carbons (Fsp3) is 0.524. The van der Waals surface area contributed by atoms with Gasteiger partial charge in [0.05, 0.1) is 11.4 Å². The molecule has 0 atom stereocenters. The minimum absolute atomic E-state index is 0.222. The van der Waals surface area contributed by atoms with E-state index in [2.05, 4.69) is 11.9 Å². The van der Waals surface area contributed by atoms with Gasteiger partial charge in [-0.15, -0.1) is 0 Å². The summed E-state index contributed by atoms with van der Waals surface area (Å²) in [6, 6.07) is 7.68. The van der Waals surface area contributed by atoms with Crippen LogP contribution in [0.4, 0.5) is 0 Å².